The standard InChI is InChI=1S/C23H27N3O3/c1-3-25-13-11-23(12-14-25)26-19(17-8-6-10-21(28-2)22(17)29-23)15-18(24-26)16-7-4-5-9-20(16)27/h4-10,19,27H,3,11-15H2,1-2H3/t19-/m1/s1. The normalized spacial score (nSPS) is 22.6. The van der Waals surface area contributed by atoms with Gasteiger partial charge in [0.2, 0.25) is 5.72 Å². The van der Waals surface area contributed by atoms with Gasteiger partial charge in [-0.3, -0.25) is 0 Å². The molecule has 29 heavy (non-hydrogen) atoms. The Labute approximate surface area is 171 Å². The lowest BCUT2D eigenvalue weighted by molar-refractivity contribution is -0.150. The van der Waals surface area contributed by atoms with E-state index in [0.717, 1.165) is 67.2 Å². The van der Waals surface area contributed by atoms with E-state index in [1.165, 1.54) is 0 Å². The summed E-state index contributed by atoms with van der Waals surface area (Å²) < 4.78 is 12.3. The van der Waals surface area contributed by atoms with Crippen molar-refractivity contribution in [1.29, 1.82) is 0 Å². The first kappa shape index (κ1) is 18.3. The predicted molar refractivity (Wildman–Crippen MR) is 112 cm³/mol. The average molecular weight is 393 g/mol. The summed E-state index contributed by atoms with van der Waals surface area (Å²) in [5.74, 6) is 1.89. The molecule has 6 nitrogen and oxygen atoms in total. The Morgan fingerprint density at radius 1 is 1.17 bits per heavy atom. The van der Waals surface area contributed by atoms with Gasteiger partial charge in [0.25, 0.3) is 0 Å². The Balaban J connectivity index is 1.60. The Kier molecular flexibility index (Phi) is 4.39. The van der Waals surface area contributed by atoms with E-state index in [9.17, 15) is 5.11 Å². The molecule has 2 aromatic rings. The number of hydrogen-bond donors (Lipinski definition) is 1. The largest absolute Gasteiger partial charge is 0.507 e. The molecule has 3 heterocycles. The topological polar surface area (TPSA) is 57.5 Å². The first-order chi connectivity index (χ1) is 14.1. The van der Waals surface area contributed by atoms with Crippen molar-refractivity contribution < 1.29 is 14.6 Å². The van der Waals surface area contributed by atoms with Crippen molar-refractivity contribution in [2.45, 2.75) is 38.0 Å². The molecule has 5 rings (SSSR count). The van der Waals surface area contributed by atoms with Gasteiger partial charge in [-0.1, -0.05) is 31.2 Å². The third-order valence-electron chi connectivity index (χ3n) is 6.51. The van der Waals surface area contributed by atoms with Crippen LogP contribution in [0.5, 0.6) is 17.2 Å². The van der Waals surface area contributed by atoms with Gasteiger partial charge in [0, 0.05) is 43.5 Å². The molecule has 6 heteroatoms. The number of para-hydroxylation sites is 2. The maximum Gasteiger partial charge on any atom is 0.200 e. The number of piperidine rings is 1. The van der Waals surface area contributed by atoms with Crippen LogP contribution in [0.1, 0.15) is 43.4 Å². The molecule has 3 aliphatic rings. The van der Waals surface area contributed by atoms with Crippen LogP contribution in [0.15, 0.2) is 47.6 Å². The monoisotopic (exact) mass is 393 g/mol. The van der Waals surface area contributed by atoms with Gasteiger partial charge in [-0.15, -0.1) is 0 Å². The number of phenolic OH excluding ortho intramolecular Hbond substituents is 1. The molecule has 2 aromatic carbocycles. The summed E-state index contributed by atoms with van der Waals surface area (Å²) in [7, 11) is 1.69. The maximum atomic E-state index is 10.4. The third-order valence-corrected chi connectivity index (χ3v) is 6.51. The van der Waals surface area contributed by atoms with Crippen molar-refractivity contribution in [3.05, 3.63) is 53.6 Å². The number of ether oxygens (including phenoxy) is 2. The van der Waals surface area contributed by atoms with Gasteiger partial charge in [0.15, 0.2) is 11.5 Å². The van der Waals surface area contributed by atoms with E-state index in [0.29, 0.717) is 0 Å². The van der Waals surface area contributed by atoms with Crippen molar-refractivity contribution in [3.63, 3.8) is 0 Å². The number of rotatable bonds is 3. The van der Waals surface area contributed by atoms with E-state index in [1.807, 2.05) is 30.3 Å². The van der Waals surface area contributed by atoms with Crippen LogP contribution in [0, 0.1) is 0 Å². The fraction of sp³-hybridized carbons (Fsp3) is 0.435. The van der Waals surface area contributed by atoms with Gasteiger partial charge >= 0.3 is 0 Å². The van der Waals surface area contributed by atoms with Gasteiger partial charge in [-0.2, -0.15) is 5.10 Å². The summed E-state index contributed by atoms with van der Waals surface area (Å²) in [6.07, 6.45) is 2.50. The molecule has 1 fully saturated rings. The third kappa shape index (κ3) is 2.85. The van der Waals surface area contributed by atoms with E-state index in [2.05, 4.69) is 22.9 Å². The maximum absolute atomic E-state index is 10.4. The number of aromatic hydroxyl groups is 1. The van der Waals surface area contributed by atoms with Crippen LogP contribution in [0.25, 0.3) is 0 Å². The summed E-state index contributed by atoms with van der Waals surface area (Å²) in [5.41, 5.74) is 2.32. The fourth-order valence-corrected chi connectivity index (χ4v) is 4.86. The molecule has 3 aliphatic heterocycles. The molecule has 0 amide bonds. The second-order valence-electron chi connectivity index (χ2n) is 7.99. The quantitative estimate of drug-likeness (QED) is 0.861. The minimum Gasteiger partial charge on any atom is -0.507 e. The highest BCUT2D eigenvalue weighted by molar-refractivity contribution is 6.04. The lowest BCUT2D eigenvalue weighted by Crippen LogP contribution is -2.59. The highest BCUT2D eigenvalue weighted by Crippen LogP contribution is 2.52. The van der Waals surface area contributed by atoms with E-state index in [1.54, 1.807) is 13.2 Å². The summed E-state index contributed by atoms with van der Waals surface area (Å²) in [4.78, 5) is 2.45. The Morgan fingerprint density at radius 3 is 2.69 bits per heavy atom. The minimum atomic E-state index is -0.482. The zero-order chi connectivity index (χ0) is 20.0. The van der Waals surface area contributed by atoms with Crippen molar-refractivity contribution in [2.24, 2.45) is 5.10 Å². The molecule has 1 atom stereocenters. The predicted octanol–water partition coefficient (Wildman–Crippen LogP) is 3.76. The molecular weight excluding hydrogens is 366 g/mol. The van der Waals surface area contributed by atoms with E-state index in [4.69, 9.17) is 14.6 Å². The molecule has 1 saturated heterocycles. The highest BCUT2D eigenvalue weighted by Gasteiger charge is 2.52. The van der Waals surface area contributed by atoms with Crippen LogP contribution in [-0.2, 0) is 0 Å². The van der Waals surface area contributed by atoms with Crippen LogP contribution in [0.3, 0.4) is 0 Å². The number of nitrogens with zero attached hydrogens (tertiary/aromatic N) is 3. The molecule has 0 unspecified atom stereocenters. The van der Waals surface area contributed by atoms with Gasteiger partial charge in [0.1, 0.15) is 5.75 Å². The molecule has 1 spiro atoms. The van der Waals surface area contributed by atoms with Crippen molar-refractivity contribution in [3.8, 4) is 17.2 Å². The van der Waals surface area contributed by atoms with Crippen LogP contribution >= 0.6 is 0 Å². The lowest BCUT2D eigenvalue weighted by atomic mass is 9.90. The van der Waals surface area contributed by atoms with Crippen molar-refractivity contribution >= 4 is 5.71 Å². The molecule has 152 valence electrons. The number of hydrogen-bond acceptors (Lipinski definition) is 6. The zero-order valence-corrected chi connectivity index (χ0v) is 17.0. The second kappa shape index (κ2) is 6.95. The first-order valence-corrected chi connectivity index (χ1v) is 10.4. The Morgan fingerprint density at radius 2 is 1.97 bits per heavy atom. The first-order valence-electron chi connectivity index (χ1n) is 10.4. The Bertz CT molecular complexity index is 950. The summed E-state index contributed by atoms with van der Waals surface area (Å²) >= 11 is 0. The van der Waals surface area contributed by atoms with E-state index in [-0.39, 0.29) is 11.8 Å². The molecule has 0 saturated carbocycles. The van der Waals surface area contributed by atoms with Crippen LogP contribution in [0.4, 0.5) is 0 Å². The molecule has 0 aliphatic carbocycles. The van der Waals surface area contributed by atoms with Crippen molar-refractivity contribution in [2.75, 3.05) is 26.7 Å². The molecule has 0 aromatic heterocycles. The SMILES string of the molecule is CCN1CCC2(CC1)Oc1c(OC)cccc1[C@H]1CC(c3ccccc3O)=NN12. The highest BCUT2D eigenvalue weighted by atomic mass is 16.5. The average Bonchev–Trinajstić information content (AvgIpc) is 3.21. The molecule has 0 bridgehead atoms. The minimum absolute atomic E-state index is 0.0802. The zero-order valence-electron chi connectivity index (χ0n) is 17.0. The van der Waals surface area contributed by atoms with Crippen LogP contribution < -0.4 is 9.47 Å². The van der Waals surface area contributed by atoms with Gasteiger partial charge in [0.05, 0.1) is 18.9 Å². The molecule has 1 N–H and O–H groups in total. The van der Waals surface area contributed by atoms with E-state index < -0.39 is 5.72 Å². The molecular formula is C23H27N3O3. The van der Waals surface area contributed by atoms with Crippen LogP contribution in [-0.4, -0.2) is 53.2 Å². The lowest BCUT2D eigenvalue weighted by Gasteiger charge is -2.51. The fourth-order valence-electron chi connectivity index (χ4n) is 4.86. The number of methoxy groups -OCH3 is 1. The van der Waals surface area contributed by atoms with Gasteiger partial charge in [-0.25, -0.2) is 5.01 Å². The van der Waals surface area contributed by atoms with Gasteiger partial charge in [-0.05, 0) is 24.7 Å². The van der Waals surface area contributed by atoms with Gasteiger partial charge < -0.3 is 19.5 Å². The Hall–Kier alpha value is -2.73. The number of hydrazone groups is 1. The van der Waals surface area contributed by atoms with Crippen molar-refractivity contribution in [1.82, 2.24) is 9.91 Å². The number of fused-ring (bicyclic) bond motifs is 4. The second-order valence-corrected chi connectivity index (χ2v) is 7.99. The van der Waals surface area contributed by atoms with Crippen LogP contribution in [0.2, 0.25) is 0 Å². The number of likely N-dealkylation sites (tertiary alicyclic amines) is 1. The molecule has 0 radical (unpaired) electrons. The summed E-state index contributed by atoms with van der Waals surface area (Å²) in [6, 6.07) is 13.6. The number of phenols is 1. The number of benzene rings is 2. The smallest absolute Gasteiger partial charge is 0.200 e. The summed E-state index contributed by atoms with van der Waals surface area (Å²) in [5, 5.41) is 17.6. The van der Waals surface area contributed by atoms with E-state index >= 15 is 0 Å². The summed E-state index contributed by atoms with van der Waals surface area (Å²) in [6.45, 7) is 5.20.